The van der Waals surface area contributed by atoms with Crippen LogP contribution < -0.4 is 5.73 Å². The van der Waals surface area contributed by atoms with Gasteiger partial charge in [0, 0.05) is 19.0 Å². The Morgan fingerprint density at radius 1 is 1.73 bits per heavy atom. The average molecular weight is 227 g/mol. The molecule has 1 atom stereocenters. The molecule has 4 nitrogen and oxygen atoms in total. The van der Waals surface area contributed by atoms with Crippen molar-refractivity contribution in [1.82, 2.24) is 9.88 Å². The van der Waals surface area contributed by atoms with Crippen LogP contribution in [0.3, 0.4) is 0 Å². The fourth-order valence-corrected chi connectivity index (χ4v) is 1.98. The Morgan fingerprint density at radius 2 is 2.40 bits per heavy atom. The zero-order valence-electron chi connectivity index (χ0n) is 9.36. The molecule has 1 amide bonds. The Bertz CT molecular complexity index is 335. The lowest BCUT2D eigenvalue weighted by Gasteiger charge is -2.13. The van der Waals surface area contributed by atoms with E-state index >= 15 is 0 Å². The van der Waals surface area contributed by atoms with E-state index in [9.17, 15) is 4.79 Å². The molecule has 1 unspecified atom stereocenters. The molecule has 0 aromatic carbocycles. The predicted molar refractivity (Wildman–Crippen MR) is 62.0 cm³/mol. The summed E-state index contributed by atoms with van der Waals surface area (Å²) in [5.74, 6) is -0.0278. The molecular weight excluding hydrogens is 210 g/mol. The van der Waals surface area contributed by atoms with Gasteiger partial charge in [0.25, 0.3) is 5.91 Å². The molecule has 84 valence electrons. The Kier molecular flexibility index (Phi) is 4.23. The van der Waals surface area contributed by atoms with Crippen LogP contribution in [0, 0.1) is 0 Å². The van der Waals surface area contributed by atoms with Crippen molar-refractivity contribution < 1.29 is 4.79 Å². The smallest absolute Gasteiger partial charge is 0.273 e. The third kappa shape index (κ3) is 3.00. The number of nitrogens with zero attached hydrogens (tertiary/aromatic N) is 2. The second kappa shape index (κ2) is 5.23. The second-order valence-electron chi connectivity index (χ2n) is 3.59. The lowest BCUT2D eigenvalue weighted by atomic mass is 10.3. The Labute approximate surface area is 94.1 Å². The molecule has 0 radical (unpaired) electrons. The highest BCUT2D eigenvalue weighted by atomic mass is 32.1. The van der Waals surface area contributed by atoms with Crippen LogP contribution in [-0.4, -0.2) is 29.4 Å². The van der Waals surface area contributed by atoms with Crippen LogP contribution in [0.15, 0.2) is 5.38 Å². The molecule has 0 aliphatic carbocycles. The molecule has 15 heavy (non-hydrogen) atoms. The van der Waals surface area contributed by atoms with Gasteiger partial charge in [0.15, 0.2) is 0 Å². The number of hydrogen-bond donors (Lipinski definition) is 1. The van der Waals surface area contributed by atoms with Gasteiger partial charge in [0.1, 0.15) is 10.7 Å². The number of aromatic nitrogens is 1. The SMILES string of the molecule is CCCN(C)C(=O)c1csc(C(C)N)n1. The maximum absolute atomic E-state index is 11.8. The first kappa shape index (κ1) is 12.1. The number of amides is 1. The van der Waals surface area contributed by atoms with Crippen LogP contribution >= 0.6 is 11.3 Å². The highest BCUT2D eigenvalue weighted by Gasteiger charge is 2.15. The molecule has 0 spiro atoms. The van der Waals surface area contributed by atoms with Crippen molar-refractivity contribution in [2.75, 3.05) is 13.6 Å². The first-order valence-electron chi connectivity index (χ1n) is 5.02. The molecule has 0 bridgehead atoms. The van der Waals surface area contributed by atoms with Crippen molar-refractivity contribution in [2.45, 2.75) is 26.3 Å². The first-order valence-corrected chi connectivity index (χ1v) is 5.90. The summed E-state index contributed by atoms with van der Waals surface area (Å²) in [6, 6.07) is -0.104. The second-order valence-corrected chi connectivity index (χ2v) is 4.48. The highest BCUT2D eigenvalue weighted by Crippen LogP contribution is 2.16. The van der Waals surface area contributed by atoms with Gasteiger partial charge in [0.05, 0.1) is 6.04 Å². The zero-order chi connectivity index (χ0) is 11.4. The standard InChI is InChI=1S/C10H17N3OS/c1-4-5-13(3)10(14)8-6-15-9(12-8)7(2)11/h6-7H,4-5,11H2,1-3H3. The summed E-state index contributed by atoms with van der Waals surface area (Å²) in [6.45, 7) is 4.66. The number of carbonyl (C=O) groups excluding carboxylic acids is 1. The molecule has 5 heteroatoms. The van der Waals surface area contributed by atoms with Crippen molar-refractivity contribution in [3.8, 4) is 0 Å². The van der Waals surface area contributed by atoms with Gasteiger partial charge in [-0.15, -0.1) is 11.3 Å². The quantitative estimate of drug-likeness (QED) is 0.850. The molecular formula is C10H17N3OS. The largest absolute Gasteiger partial charge is 0.340 e. The van der Waals surface area contributed by atoms with Gasteiger partial charge in [-0.3, -0.25) is 4.79 Å². The van der Waals surface area contributed by atoms with Crippen LogP contribution in [0.1, 0.15) is 41.8 Å². The molecule has 0 aliphatic rings. The van der Waals surface area contributed by atoms with Crippen molar-refractivity contribution in [3.05, 3.63) is 16.1 Å². The number of nitrogens with two attached hydrogens (primary N) is 1. The van der Waals surface area contributed by atoms with Crippen molar-refractivity contribution in [1.29, 1.82) is 0 Å². The lowest BCUT2D eigenvalue weighted by molar-refractivity contribution is 0.0790. The Balaban J connectivity index is 2.74. The van der Waals surface area contributed by atoms with E-state index in [1.54, 1.807) is 17.3 Å². The van der Waals surface area contributed by atoms with E-state index in [0.717, 1.165) is 18.0 Å². The maximum Gasteiger partial charge on any atom is 0.273 e. The van der Waals surface area contributed by atoms with Crippen LogP contribution in [-0.2, 0) is 0 Å². The van der Waals surface area contributed by atoms with E-state index in [0.29, 0.717) is 5.69 Å². The third-order valence-corrected chi connectivity index (χ3v) is 3.08. The van der Waals surface area contributed by atoms with E-state index < -0.39 is 0 Å². The monoisotopic (exact) mass is 227 g/mol. The fraction of sp³-hybridized carbons (Fsp3) is 0.600. The number of thiazole rings is 1. The molecule has 0 saturated heterocycles. The molecule has 1 rings (SSSR count). The van der Waals surface area contributed by atoms with E-state index in [4.69, 9.17) is 5.73 Å². The Morgan fingerprint density at radius 3 is 2.87 bits per heavy atom. The van der Waals surface area contributed by atoms with E-state index in [1.165, 1.54) is 11.3 Å². The van der Waals surface area contributed by atoms with Gasteiger partial charge >= 0.3 is 0 Å². The minimum Gasteiger partial charge on any atom is -0.340 e. The Hall–Kier alpha value is -0.940. The molecule has 0 aliphatic heterocycles. The highest BCUT2D eigenvalue weighted by molar-refractivity contribution is 7.09. The normalized spacial score (nSPS) is 12.5. The maximum atomic E-state index is 11.8. The third-order valence-electron chi connectivity index (χ3n) is 2.04. The van der Waals surface area contributed by atoms with Crippen LogP contribution in [0.2, 0.25) is 0 Å². The summed E-state index contributed by atoms with van der Waals surface area (Å²) >= 11 is 1.44. The summed E-state index contributed by atoms with van der Waals surface area (Å²) in [5, 5.41) is 2.58. The van der Waals surface area contributed by atoms with Crippen molar-refractivity contribution >= 4 is 17.2 Å². The molecule has 2 N–H and O–H groups in total. The van der Waals surface area contributed by atoms with Crippen LogP contribution in [0.5, 0.6) is 0 Å². The van der Waals surface area contributed by atoms with Crippen LogP contribution in [0.25, 0.3) is 0 Å². The fourth-order valence-electron chi connectivity index (χ4n) is 1.23. The number of rotatable bonds is 4. The lowest BCUT2D eigenvalue weighted by Crippen LogP contribution is -2.27. The molecule has 0 saturated carbocycles. The predicted octanol–water partition coefficient (Wildman–Crippen LogP) is 1.64. The van der Waals surface area contributed by atoms with Gasteiger partial charge in [0.2, 0.25) is 0 Å². The topological polar surface area (TPSA) is 59.2 Å². The number of carbonyl (C=O) groups is 1. The van der Waals surface area contributed by atoms with Crippen LogP contribution in [0.4, 0.5) is 0 Å². The molecule has 0 fully saturated rings. The number of hydrogen-bond acceptors (Lipinski definition) is 4. The zero-order valence-corrected chi connectivity index (χ0v) is 10.2. The minimum atomic E-state index is -0.104. The summed E-state index contributed by atoms with van der Waals surface area (Å²) in [6.07, 6.45) is 0.951. The molecule has 1 aromatic heterocycles. The minimum absolute atomic E-state index is 0.0278. The van der Waals surface area contributed by atoms with E-state index in [1.807, 2.05) is 13.8 Å². The molecule has 1 aromatic rings. The van der Waals surface area contributed by atoms with Crippen molar-refractivity contribution in [2.24, 2.45) is 5.73 Å². The van der Waals surface area contributed by atoms with E-state index in [-0.39, 0.29) is 11.9 Å². The summed E-state index contributed by atoms with van der Waals surface area (Å²) in [5.41, 5.74) is 6.19. The van der Waals surface area contributed by atoms with Gasteiger partial charge < -0.3 is 10.6 Å². The van der Waals surface area contributed by atoms with Gasteiger partial charge in [-0.2, -0.15) is 0 Å². The van der Waals surface area contributed by atoms with Gasteiger partial charge in [-0.05, 0) is 13.3 Å². The van der Waals surface area contributed by atoms with E-state index in [2.05, 4.69) is 4.98 Å². The summed E-state index contributed by atoms with van der Waals surface area (Å²) in [7, 11) is 1.79. The molecule has 1 heterocycles. The van der Waals surface area contributed by atoms with Gasteiger partial charge in [-0.1, -0.05) is 6.92 Å². The van der Waals surface area contributed by atoms with Gasteiger partial charge in [-0.25, -0.2) is 4.98 Å². The summed E-state index contributed by atoms with van der Waals surface area (Å²) < 4.78 is 0. The van der Waals surface area contributed by atoms with Crippen molar-refractivity contribution in [3.63, 3.8) is 0 Å². The summed E-state index contributed by atoms with van der Waals surface area (Å²) in [4.78, 5) is 17.7. The first-order chi connectivity index (χ1) is 7.06. The average Bonchev–Trinajstić information content (AvgIpc) is 2.65.